The van der Waals surface area contributed by atoms with Gasteiger partial charge in [0.1, 0.15) is 0 Å². The smallest absolute Gasteiger partial charge is 0.0184 e. The first-order valence-electron chi connectivity index (χ1n) is 6.61. The lowest BCUT2D eigenvalue weighted by molar-refractivity contribution is 0.118. The van der Waals surface area contributed by atoms with Gasteiger partial charge in [-0.25, -0.2) is 0 Å². The average molecular weight is 227 g/mol. The fraction of sp³-hybridized carbons (Fsp3) is 1.00. The highest BCUT2D eigenvalue weighted by molar-refractivity contribution is 7.99. The minimum absolute atomic E-state index is 0.682. The van der Waals surface area contributed by atoms with E-state index in [2.05, 4.69) is 30.9 Å². The molecule has 1 aliphatic heterocycles. The average Bonchev–Trinajstić information content (AvgIpc) is 2.19. The second-order valence-corrected chi connectivity index (χ2v) is 6.90. The highest BCUT2D eigenvalue weighted by Crippen LogP contribution is 2.43. The van der Waals surface area contributed by atoms with Gasteiger partial charge in [-0.3, -0.25) is 0 Å². The monoisotopic (exact) mass is 227 g/mol. The summed E-state index contributed by atoms with van der Waals surface area (Å²) in [5, 5.41) is 4.67. The molecule has 15 heavy (non-hydrogen) atoms. The number of thioether (sulfide) groups is 1. The van der Waals surface area contributed by atoms with Gasteiger partial charge in [0, 0.05) is 17.8 Å². The first-order chi connectivity index (χ1) is 7.26. The van der Waals surface area contributed by atoms with Crippen molar-refractivity contribution in [2.75, 3.05) is 12.3 Å². The van der Waals surface area contributed by atoms with Gasteiger partial charge in [-0.2, -0.15) is 11.8 Å². The molecule has 1 nitrogen and oxygen atoms in total. The van der Waals surface area contributed by atoms with Crippen LogP contribution in [0.15, 0.2) is 0 Å². The van der Waals surface area contributed by atoms with Gasteiger partial charge in [0.2, 0.25) is 0 Å². The van der Waals surface area contributed by atoms with E-state index in [1.165, 1.54) is 50.8 Å². The van der Waals surface area contributed by atoms with Crippen molar-refractivity contribution in [3.8, 4) is 0 Å². The Morgan fingerprint density at radius 2 is 2.13 bits per heavy atom. The number of nitrogens with one attached hydrogen (secondary N) is 1. The van der Waals surface area contributed by atoms with Crippen LogP contribution in [0.4, 0.5) is 0 Å². The maximum Gasteiger partial charge on any atom is 0.0184 e. The molecule has 2 unspecified atom stereocenters. The second kappa shape index (κ2) is 5.09. The van der Waals surface area contributed by atoms with Crippen LogP contribution in [0.5, 0.6) is 0 Å². The largest absolute Gasteiger partial charge is 0.312 e. The van der Waals surface area contributed by atoms with Crippen LogP contribution >= 0.6 is 11.8 Å². The Balaban J connectivity index is 1.76. The van der Waals surface area contributed by atoms with E-state index in [1.54, 1.807) is 0 Å². The molecule has 2 aliphatic rings. The van der Waals surface area contributed by atoms with E-state index in [4.69, 9.17) is 0 Å². The van der Waals surface area contributed by atoms with E-state index in [0.29, 0.717) is 5.41 Å². The molecule has 1 saturated heterocycles. The number of hydrogen-bond acceptors (Lipinski definition) is 2. The van der Waals surface area contributed by atoms with Crippen LogP contribution in [-0.2, 0) is 0 Å². The van der Waals surface area contributed by atoms with Crippen molar-refractivity contribution in [2.45, 2.75) is 63.7 Å². The molecular weight excluding hydrogens is 202 g/mol. The van der Waals surface area contributed by atoms with Crippen molar-refractivity contribution in [1.82, 2.24) is 5.32 Å². The molecule has 2 heteroatoms. The summed E-state index contributed by atoms with van der Waals surface area (Å²) in [5.74, 6) is 1.37. The summed E-state index contributed by atoms with van der Waals surface area (Å²) in [6.45, 7) is 6.03. The molecule has 0 spiro atoms. The topological polar surface area (TPSA) is 12.0 Å². The van der Waals surface area contributed by atoms with Gasteiger partial charge in [-0.1, -0.05) is 20.3 Å². The molecule has 2 fully saturated rings. The van der Waals surface area contributed by atoms with E-state index in [9.17, 15) is 0 Å². The van der Waals surface area contributed by atoms with Crippen LogP contribution in [0.3, 0.4) is 0 Å². The minimum atomic E-state index is 0.682. The Kier molecular flexibility index (Phi) is 4.00. The van der Waals surface area contributed by atoms with Crippen LogP contribution in [0.25, 0.3) is 0 Å². The highest BCUT2D eigenvalue weighted by atomic mass is 32.2. The van der Waals surface area contributed by atoms with Crippen molar-refractivity contribution < 1.29 is 0 Å². The zero-order valence-electron chi connectivity index (χ0n) is 10.2. The predicted molar refractivity (Wildman–Crippen MR) is 69.5 cm³/mol. The van der Waals surface area contributed by atoms with Crippen LogP contribution in [-0.4, -0.2) is 23.6 Å². The van der Waals surface area contributed by atoms with E-state index in [-0.39, 0.29) is 0 Å². The van der Waals surface area contributed by atoms with Gasteiger partial charge in [-0.15, -0.1) is 0 Å². The number of rotatable bonds is 4. The molecule has 2 rings (SSSR count). The zero-order valence-corrected chi connectivity index (χ0v) is 11.0. The molecule has 0 aromatic heterocycles. The SMILES string of the molecule is CCC1(CNC2CCCSC2C)CCC1. The summed E-state index contributed by atoms with van der Waals surface area (Å²) in [6.07, 6.45) is 8.56. The van der Waals surface area contributed by atoms with E-state index in [1.807, 2.05) is 0 Å². The minimum Gasteiger partial charge on any atom is -0.312 e. The van der Waals surface area contributed by atoms with Gasteiger partial charge in [0.25, 0.3) is 0 Å². The molecule has 0 radical (unpaired) electrons. The molecule has 0 aromatic carbocycles. The van der Waals surface area contributed by atoms with E-state index < -0.39 is 0 Å². The molecule has 1 saturated carbocycles. The molecule has 1 heterocycles. The van der Waals surface area contributed by atoms with Crippen LogP contribution in [0.2, 0.25) is 0 Å². The van der Waals surface area contributed by atoms with Crippen LogP contribution in [0, 0.1) is 5.41 Å². The highest BCUT2D eigenvalue weighted by Gasteiger charge is 2.35. The molecule has 1 N–H and O–H groups in total. The summed E-state index contributed by atoms with van der Waals surface area (Å²) in [5.41, 5.74) is 0.682. The van der Waals surface area contributed by atoms with Gasteiger partial charge >= 0.3 is 0 Å². The lowest BCUT2D eigenvalue weighted by atomic mass is 9.67. The van der Waals surface area contributed by atoms with Crippen LogP contribution in [0.1, 0.15) is 52.4 Å². The van der Waals surface area contributed by atoms with Crippen molar-refractivity contribution in [1.29, 1.82) is 0 Å². The third kappa shape index (κ3) is 2.71. The molecule has 0 aromatic rings. The number of hydrogen-bond donors (Lipinski definition) is 1. The second-order valence-electron chi connectivity index (χ2n) is 5.41. The molecule has 0 amide bonds. The Hall–Kier alpha value is 0.310. The fourth-order valence-corrected chi connectivity index (χ4v) is 4.04. The van der Waals surface area contributed by atoms with Crippen molar-refractivity contribution in [3.05, 3.63) is 0 Å². The summed E-state index contributed by atoms with van der Waals surface area (Å²) in [7, 11) is 0. The lowest BCUT2D eigenvalue weighted by Gasteiger charge is -2.43. The lowest BCUT2D eigenvalue weighted by Crippen LogP contribution is -2.47. The third-order valence-corrected chi connectivity index (χ3v) is 5.89. The molecular formula is C13H25NS. The van der Waals surface area contributed by atoms with Gasteiger partial charge in [0.05, 0.1) is 0 Å². The Morgan fingerprint density at radius 3 is 2.67 bits per heavy atom. The normalized spacial score (nSPS) is 34.8. The Bertz CT molecular complexity index is 195. The standard InChI is InChI=1S/C13H25NS/c1-3-13(7-5-8-13)10-14-12-6-4-9-15-11(12)2/h11-12,14H,3-10H2,1-2H3. The maximum atomic E-state index is 3.84. The summed E-state index contributed by atoms with van der Waals surface area (Å²) in [6, 6.07) is 0.785. The molecule has 1 aliphatic carbocycles. The van der Waals surface area contributed by atoms with E-state index in [0.717, 1.165) is 11.3 Å². The quantitative estimate of drug-likeness (QED) is 0.789. The zero-order chi connectivity index (χ0) is 10.7. The van der Waals surface area contributed by atoms with Gasteiger partial charge < -0.3 is 5.32 Å². The first-order valence-corrected chi connectivity index (χ1v) is 7.66. The van der Waals surface area contributed by atoms with Crippen molar-refractivity contribution in [3.63, 3.8) is 0 Å². The van der Waals surface area contributed by atoms with E-state index >= 15 is 0 Å². The molecule has 0 bridgehead atoms. The van der Waals surface area contributed by atoms with Crippen molar-refractivity contribution in [2.24, 2.45) is 5.41 Å². The van der Waals surface area contributed by atoms with Gasteiger partial charge in [0.15, 0.2) is 0 Å². The summed E-state index contributed by atoms with van der Waals surface area (Å²) in [4.78, 5) is 0. The summed E-state index contributed by atoms with van der Waals surface area (Å²) >= 11 is 2.15. The van der Waals surface area contributed by atoms with Crippen molar-refractivity contribution >= 4 is 11.8 Å². The first kappa shape index (κ1) is 11.8. The maximum absolute atomic E-state index is 3.84. The fourth-order valence-electron chi connectivity index (χ4n) is 2.87. The van der Waals surface area contributed by atoms with Gasteiger partial charge in [-0.05, 0) is 43.3 Å². The molecule has 88 valence electrons. The van der Waals surface area contributed by atoms with Crippen LogP contribution < -0.4 is 5.32 Å². The summed E-state index contributed by atoms with van der Waals surface area (Å²) < 4.78 is 0. The Labute approximate surface area is 98.8 Å². The predicted octanol–water partition coefficient (Wildman–Crippen LogP) is 3.44. The third-order valence-electron chi connectivity index (χ3n) is 4.51. The molecule has 2 atom stereocenters. The Morgan fingerprint density at radius 1 is 1.33 bits per heavy atom.